The fourth-order valence-corrected chi connectivity index (χ4v) is 1.18. The lowest BCUT2D eigenvalue weighted by molar-refractivity contribution is -0.873. The van der Waals surface area contributed by atoms with Gasteiger partial charge in [-0.3, -0.25) is 9.59 Å². The molecule has 0 aromatic carbocycles. The van der Waals surface area contributed by atoms with Crippen molar-refractivity contribution in [1.82, 2.24) is 0 Å². The normalized spacial score (nSPS) is 13.4. The fourth-order valence-electron chi connectivity index (χ4n) is 1.18. The zero-order chi connectivity index (χ0) is 11.4. The molecule has 0 bridgehead atoms. The summed E-state index contributed by atoms with van der Waals surface area (Å²) in [6.45, 7) is 1.77. The van der Waals surface area contributed by atoms with Gasteiger partial charge in [-0.25, -0.2) is 0 Å². The molecule has 0 aliphatic heterocycles. The largest absolute Gasteiger partial charge is 0.481 e. The first-order valence-corrected chi connectivity index (χ1v) is 4.40. The van der Waals surface area contributed by atoms with Crippen LogP contribution in [-0.4, -0.2) is 55.3 Å². The van der Waals surface area contributed by atoms with Gasteiger partial charge in [0.25, 0.3) is 0 Å². The maximum Gasteiger partial charge on any atom is 0.307 e. The van der Waals surface area contributed by atoms with Crippen LogP contribution in [0.5, 0.6) is 0 Å². The Labute approximate surface area is 83.9 Å². The molecule has 5 heteroatoms. The third-order valence-corrected chi connectivity index (χ3v) is 1.49. The zero-order valence-corrected chi connectivity index (χ0v) is 9.11. The molecule has 0 fully saturated rings. The monoisotopic (exact) mass is 206 g/mol. The van der Waals surface area contributed by atoms with Crippen LogP contribution in [0.4, 0.5) is 0 Å². The second kappa shape index (κ2) is 4.95. The van der Waals surface area contributed by atoms with Gasteiger partial charge in [-0.05, 0) is 0 Å². The Morgan fingerprint density at radius 3 is 2.14 bits per heavy atom. The summed E-state index contributed by atoms with van der Waals surface area (Å²) in [5.41, 5.74) is 0. The molecule has 0 spiro atoms. The number of quaternary nitrogens is 1. The van der Waals surface area contributed by atoms with Crippen LogP contribution in [0.1, 0.15) is 13.3 Å². The van der Waals surface area contributed by atoms with E-state index in [1.807, 2.05) is 21.1 Å². The molecule has 0 aromatic heterocycles. The minimum Gasteiger partial charge on any atom is -0.481 e. The van der Waals surface area contributed by atoms with Crippen LogP contribution >= 0.6 is 0 Å². The van der Waals surface area contributed by atoms with Gasteiger partial charge >= 0.3 is 11.9 Å². The molecule has 0 amide bonds. The number of hydrogen-bond acceptors (Lipinski definition) is 3. The molecule has 0 aromatic rings. The lowest BCUT2D eigenvalue weighted by Gasteiger charge is -2.28. The minimum absolute atomic E-state index is 0.144. The molecular formula is C9H18NO4+. The van der Waals surface area contributed by atoms with Gasteiger partial charge in [0, 0.05) is 6.92 Å². The predicted molar refractivity (Wildman–Crippen MR) is 50.7 cm³/mol. The highest BCUT2D eigenvalue weighted by Crippen LogP contribution is 2.04. The molecule has 0 aliphatic carbocycles. The number of aliphatic carboxylic acids is 1. The summed E-state index contributed by atoms with van der Waals surface area (Å²) < 4.78 is 5.46. The van der Waals surface area contributed by atoms with Gasteiger partial charge in [-0.15, -0.1) is 0 Å². The van der Waals surface area contributed by atoms with Crippen molar-refractivity contribution >= 4 is 11.9 Å². The van der Waals surface area contributed by atoms with Crippen molar-refractivity contribution in [2.75, 3.05) is 27.7 Å². The molecule has 0 saturated heterocycles. The molecule has 0 radical (unpaired) electrons. The van der Waals surface area contributed by atoms with Crippen LogP contribution in [0.2, 0.25) is 0 Å². The van der Waals surface area contributed by atoms with E-state index < -0.39 is 18.0 Å². The summed E-state index contributed by atoms with van der Waals surface area (Å²) in [6.07, 6.45) is -0.695. The Hall–Kier alpha value is -1.10. The van der Waals surface area contributed by atoms with Crippen LogP contribution in [0, 0.1) is 0 Å². The number of nitrogens with zero attached hydrogens (tertiary/aromatic N) is 1. The Morgan fingerprint density at radius 2 is 1.86 bits per heavy atom. The van der Waals surface area contributed by atoms with Crippen LogP contribution in [-0.2, 0) is 14.3 Å². The Kier molecular flexibility index (Phi) is 4.56. The second-order valence-electron chi connectivity index (χ2n) is 4.30. The van der Waals surface area contributed by atoms with Crippen LogP contribution in [0.15, 0.2) is 0 Å². The van der Waals surface area contributed by atoms with E-state index in [4.69, 9.17) is 9.84 Å². The standard InChI is InChI=1S/C9H17NO4/c1-7(11)14-8(5-9(12)13)6-10(2,3)4/h8H,5-6H2,1-4H3/p+1/i1+1,7+1. The highest BCUT2D eigenvalue weighted by Gasteiger charge is 2.23. The number of rotatable bonds is 5. The summed E-state index contributed by atoms with van der Waals surface area (Å²) in [6, 6.07) is 0. The number of likely N-dealkylation sites (N-methyl/N-ethyl adjacent to an activating group) is 1. The fraction of sp³-hybridized carbons (Fsp3) is 0.778. The van der Waals surface area contributed by atoms with Crippen molar-refractivity contribution in [2.24, 2.45) is 0 Å². The molecule has 0 heterocycles. The quantitative estimate of drug-likeness (QED) is 0.393. The molecule has 1 N–H and O–H groups in total. The summed E-state index contributed by atoms with van der Waals surface area (Å²) in [5, 5.41) is 8.60. The smallest absolute Gasteiger partial charge is 0.307 e. The Bertz CT molecular complexity index is 203. The summed E-state index contributed by atoms with van der Waals surface area (Å²) in [7, 11) is 5.75. The molecule has 5 nitrogen and oxygen atoms in total. The van der Waals surface area contributed by atoms with E-state index >= 15 is 0 Å². The lowest BCUT2D eigenvalue weighted by Crippen LogP contribution is -2.43. The van der Waals surface area contributed by atoms with E-state index in [-0.39, 0.29) is 6.42 Å². The molecule has 82 valence electrons. The van der Waals surface area contributed by atoms with E-state index in [1.54, 1.807) is 0 Å². The molecule has 1 unspecified atom stereocenters. The Morgan fingerprint density at radius 1 is 1.36 bits per heavy atom. The molecule has 0 aliphatic rings. The number of carbonyl (C=O) groups excluding carboxylic acids is 1. The first-order chi connectivity index (χ1) is 6.20. The zero-order valence-electron chi connectivity index (χ0n) is 9.11. The summed E-state index contributed by atoms with van der Waals surface area (Å²) in [4.78, 5) is 21.2. The SMILES string of the molecule is C[N+](C)(C)CC(CC(=O)O)O[13C]([13CH3])=O. The van der Waals surface area contributed by atoms with E-state index in [2.05, 4.69) is 0 Å². The number of esters is 1. The topological polar surface area (TPSA) is 63.6 Å². The Balaban J connectivity index is 4.24. The number of carboxylic acids is 1. The third kappa shape index (κ3) is 7.54. The lowest BCUT2D eigenvalue weighted by atomic mass is 10.2. The van der Waals surface area contributed by atoms with Crippen molar-refractivity contribution in [3.63, 3.8) is 0 Å². The highest BCUT2D eigenvalue weighted by atomic mass is 16.6. The second-order valence-corrected chi connectivity index (χ2v) is 4.30. The molecule has 1 atom stereocenters. The first-order valence-electron chi connectivity index (χ1n) is 4.40. The first kappa shape index (κ1) is 12.9. The van der Waals surface area contributed by atoms with Gasteiger partial charge in [0.15, 0.2) is 6.10 Å². The molecule has 0 saturated carbocycles. The number of carbonyl (C=O) groups is 2. The molecule has 14 heavy (non-hydrogen) atoms. The average molecular weight is 206 g/mol. The number of hydrogen-bond donors (Lipinski definition) is 1. The van der Waals surface area contributed by atoms with Crippen LogP contribution in [0.25, 0.3) is 0 Å². The third-order valence-electron chi connectivity index (χ3n) is 1.49. The minimum atomic E-state index is -0.954. The summed E-state index contributed by atoms with van der Waals surface area (Å²) >= 11 is 0. The van der Waals surface area contributed by atoms with Crippen molar-refractivity contribution in [2.45, 2.75) is 19.4 Å². The van der Waals surface area contributed by atoms with Crippen molar-refractivity contribution in [3.8, 4) is 0 Å². The van der Waals surface area contributed by atoms with Gasteiger partial charge < -0.3 is 14.3 Å². The molecule has 0 rings (SSSR count). The highest BCUT2D eigenvalue weighted by molar-refractivity contribution is 5.69. The van der Waals surface area contributed by atoms with E-state index in [0.717, 1.165) is 0 Å². The summed E-state index contributed by atoms with van der Waals surface area (Å²) in [5.74, 6) is -1.39. The van der Waals surface area contributed by atoms with Crippen LogP contribution < -0.4 is 0 Å². The van der Waals surface area contributed by atoms with E-state index in [0.29, 0.717) is 11.0 Å². The van der Waals surface area contributed by atoms with Gasteiger partial charge in [-0.1, -0.05) is 0 Å². The van der Waals surface area contributed by atoms with Gasteiger partial charge in [0.1, 0.15) is 6.54 Å². The van der Waals surface area contributed by atoms with Crippen LogP contribution in [0.3, 0.4) is 0 Å². The number of carboxylic acid groups (broad SMARTS) is 1. The molecular weight excluding hydrogens is 188 g/mol. The van der Waals surface area contributed by atoms with Gasteiger partial charge in [-0.2, -0.15) is 0 Å². The number of ether oxygens (including phenoxy) is 1. The van der Waals surface area contributed by atoms with Crippen molar-refractivity contribution in [3.05, 3.63) is 0 Å². The van der Waals surface area contributed by atoms with Gasteiger partial charge in [0.05, 0.1) is 27.6 Å². The maximum atomic E-state index is 10.7. The maximum absolute atomic E-state index is 10.7. The van der Waals surface area contributed by atoms with Crippen molar-refractivity contribution in [1.29, 1.82) is 0 Å². The van der Waals surface area contributed by atoms with Gasteiger partial charge in [0.2, 0.25) is 0 Å². The average Bonchev–Trinajstić information content (AvgIpc) is 1.77. The van der Waals surface area contributed by atoms with E-state index in [9.17, 15) is 9.59 Å². The van der Waals surface area contributed by atoms with Crippen molar-refractivity contribution < 1.29 is 23.9 Å². The predicted octanol–water partition coefficient (Wildman–Crippen LogP) is 0.0990. The van der Waals surface area contributed by atoms with E-state index in [1.165, 1.54) is 6.92 Å².